The Kier molecular flexibility index (Phi) is 5.01. The van der Waals surface area contributed by atoms with Crippen molar-refractivity contribution in [1.82, 2.24) is 9.97 Å². The summed E-state index contributed by atoms with van der Waals surface area (Å²) < 4.78 is 0. The molecule has 1 aromatic carbocycles. The molecule has 1 atom stereocenters. The topological polar surface area (TPSA) is 83.0 Å². The van der Waals surface area contributed by atoms with Gasteiger partial charge in [0, 0.05) is 10.7 Å². The van der Waals surface area contributed by atoms with Crippen LogP contribution in [0.2, 0.25) is 5.02 Å². The molecule has 0 aliphatic rings. The number of H-pyrrole nitrogens is 1. The quantitative estimate of drug-likeness (QED) is 0.897. The normalized spacial score (nSPS) is 13.0. The number of aliphatic carboxylic acids is 1. The van der Waals surface area contributed by atoms with E-state index in [1.54, 1.807) is 25.1 Å². The molecule has 0 saturated carbocycles. The van der Waals surface area contributed by atoms with Crippen LogP contribution in [0.5, 0.6) is 0 Å². The number of aromatic nitrogens is 2. The van der Waals surface area contributed by atoms with E-state index in [4.69, 9.17) is 11.6 Å². The smallest absolute Gasteiger partial charge is 0.310 e. The minimum Gasteiger partial charge on any atom is -0.481 e. The number of carbonyl (C=O) groups is 1. The van der Waals surface area contributed by atoms with E-state index < -0.39 is 17.4 Å². The van der Waals surface area contributed by atoms with Crippen molar-refractivity contribution in [2.45, 2.75) is 26.7 Å². The summed E-state index contributed by atoms with van der Waals surface area (Å²) in [6.45, 7) is 5.01. The molecule has 0 aliphatic carbocycles. The number of aromatic amines is 1. The molecule has 23 heavy (non-hydrogen) atoms. The summed E-state index contributed by atoms with van der Waals surface area (Å²) in [5, 5.41) is 9.85. The van der Waals surface area contributed by atoms with Crippen LogP contribution in [-0.2, 0) is 4.79 Å². The predicted molar refractivity (Wildman–Crippen MR) is 90.6 cm³/mol. The van der Waals surface area contributed by atoms with Crippen molar-refractivity contribution in [1.29, 1.82) is 0 Å². The monoisotopic (exact) mass is 332 g/mol. The molecule has 0 radical (unpaired) electrons. The molecule has 5 nitrogen and oxygen atoms in total. The second-order valence-electron chi connectivity index (χ2n) is 5.35. The van der Waals surface area contributed by atoms with Crippen LogP contribution in [0.1, 0.15) is 42.4 Å². The third-order valence-electron chi connectivity index (χ3n) is 3.57. The summed E-state index contributed by atoms with van der Waals surface area (Å²) in [4.78, 5) is 30.2. The summed E-state index contributed by atoms with van der Waals surface area (Å²) >= 11 is 5.88. The maximum atomic E-state index is 12.1. The van der Waals surface area contributed by atoms with Crippen molar-refractivity contribution in [2.75, 3.05) is 0 Å². The van der Waals surface area contributed by atoms with Gasteiger partial charge in [-0.2, -0.15) is 4.98 Å². The number of nitrogens with zero attached hydrogens (tertiary/aromatic N) is 1. The van der Waals surface area contributed by atoms with Crippen molar-refractivity contribution in [3.63, 3.8) is 0 Å². The second kappa shape index (κ2) is 6.79. The highest BCUT2D eigenvalue weighted by atomic mass is 35.5. The molecule has 1 aromatic heterocycles. The summed E-state index contributed by atoms with van der Waals surface area (Å²) in [5.41, 5.74) is 1.90. The Morgan fingerprint density at radius 3 is 2.52 bits per heavy atom. The van der Waals surface area contributed by atoms with Crippen LogP contribution in [0.25, 0.3) is 11.6 Å². The number of aryl methyl sites for hydroxylation is 1. The zero-order chi connectivity index (χ0) is 17.1. The lowest BCUT2D eigenvalue weighted by Crippen LogP contribution is -2.23. The Morgan fingerprint density at radius 2 is 1.96 bits per heavy atom. The number of carboxylic acids is 1. The molecule has 0 fully saturated rings. The van der Waals surface area contributed by atoms with Gasteiger partial charge in [-0.15, -0.1) is 0 Å². The molecule has 0 bridgehead atoms. The number of nitrogens with one attached hydrogen (secondary N) is 1. The van der Waals surface area contributed by atoms with Crippen LogP contribution in [-0.4, -0.2) is 21.0 Å². The van der Waals surface area contributed by atoms with Gasteiger partial charge in [-0.25, -0.2) is 0 Å². The second-order valence-corrected chi connectivity index (χ2v) is 5.79. The molecular formula is C17H17ClN2O3. The van der Waals surface area contributed by atoms with Crippen molar-refractivity contribution in [2.24, 2.45) is 0 Å². The fraction of sp³-hybridized carbons (Fsp3) is 0.235. The van der Waals surface area contributed by atoms with Crippen LogP contribution < -0.4 is 5.56 Å². The fourth-order valence-electron chi connectivity index (χ4n) is 2.29. The molecule has 2 aromatic rings. The van der Waals surface area contributed by atoms with Crippen LogP contribution in [0.4, 0.5) is 0 Å². The Balaban J connectivity index is 2.58. The van der Waals surface area contributed by atoms with Crippen molar-refractivity contribution >= 4 is 29.2 Å². The van der Waals surface area contributed by atoms with Gasteiger partial charge in [0.25, 0.3) is 5.56 Å². The number of benzene rings is 1. The minimum absolute atomic E-state index is 0.149. The van der Waals surface area contributed by atoms with E-state index in [0.717, 1.165) is 11.1 Å². The third-order valence-corrected chi connectivity index (χ3v) is 3.82. The van der Waals surface area contributed by atoms with Crippen LogP contribution in [0.3, 0.4) is 0 Å². The maximum absolute atomic E-state index is 12.1. The Hall–Kier alpha value is -2.40. The van der Waals surface area contributed by atoms with E-state index >= 15 is 0 Å². The summed E-state index contributed by atoms with van der Waals surface area (Å²) in [5.74, 6) is -1.58. The highest BCUT2D eigenvalue weighted by molar-refractivity contribution is 6.30. The first kappa shape index (κ1) is 17.0. The minimum atomic E-state index is -1.07. The summed E-state index contributed by atoms with van der Waals surface area (Å²) in [7, 11) is 0. The Morgan fingerprint density at radius 1 is 1.35 bits per heavy atom. The van der Waals surface area contributed by atoms with Gasteiger partial charge in [0.15, 0.2) is 0 Å². The number of rotatable bonds is 4. The van der Waals surface area contributed by atoms with Gasteiger partial charge < -0.3 is 10.1 Å². The lowest BCUT2D eigenvalue weighted by Gasteiger charge is -2.11. The number of carboxylic acid groups (broad SMARTS) is 1. The summed E-state index contributed by atoms with van der Waals surface area (Å²) in [6, 6.07) is 7.27. The Labute approximate surface area is 138 Å². The molecule has 1 unspecified atom stereocenters. The van der Waals surface area contributed by atoms with Gasteiger partial charge in [0.2, 0.25) is 0 Å². The molecule has 2 N–H and O–H groups in total. The van der Waals surface area contributed by atoms with Gasteiger partial charge in [-0.1, -0.05) is 23.7 Å². The molecule has 0 spiro atoms. The highest BCUT2D eigenvalue weighted by Crippen LogP contribution is 2.22. The zero-order valence-corrected chi connectivity index (χ0v) is 13.8. The maximum Gasteiger partial charge on any atom is 0.310 e. The predicted octanol–water partition coefficient (Wildman–Crippen LogP) is 3.48. The lowest BCUT2D eigenvalue weighted by atomic mass is 9.98. The first-order valence-corrected chi connectivity index (χ1v) is 7.45. The van der Waals surface area contributed by atoms with E-state index in [1.807, 2.05) is 19.1 Å². The van der Waals surface area contributed by atoms with E-state index in [9.17, 15) is 14.7 Å². The van der Waals surface area contributed by atoms with Gasteiger partial charge in [0.05, 0.1) is 11.5 Å². The van der Waals surface area contributed by atoms with E-state index in [2.05, 4.69) is 9.97 Å². The van der Waals surface area contributed by atoms with Gasteiger partial charge in [-0.3, -0.25) is 9.59 Å². The Bertz CT molecular complexity index is 823. The van der Waals surface area contributed by atoms with Gasteiger partial charge in [0.1, 0.15) is 5.82 Å². The zero-order valence-electron chi connectivity index (χ0n) is 13.1. The van der Waals surface area contributed by atoms with Crippen molar-refractivity contribution in [3.8, 4) is 0 Å². The molecule has 1 heterocycles. The average Bonchev–Trinajstić information content (AvgIpc) is 2.46. The average molecular weight is 333 g/mol. The number of hydrogen-bond donors (Lipinski definition) is 2. The standard InChI is InChI=1S/C17H17ClN2O3/c1-9(12-4-6-13(18)7-5-12)8-14-15(10(2)17(22)23)16(21)20-11(3)19-14/h4-8,10H,1-3H3,(H,22,23)(H,19,20,21). The van der Waals surface area contributed by atoms with Crippen LogP contribution >= 0.6 is 11.6 Å². The molecule has 6 heteroatoms. The van der Waals surface area contributed by atoms with Crippen LogP contribution in [0, 0.1) is 6.92 Å². The number of allylic oxidation sites excluding steroid dienone is 1. The fourth-order valence-corrected chi connectivity index (χ4v) is 2.41. The number of hydrogen-bond acceptors (Lipinski definition) is 3. The highest BCUT2D eigenvalue weighted by Gasteiger charge is 2.21. The van der Waals surface area contributed by atoms with Crippen LogP contribution in [0.15, 0.2) is 29.1 Å². The first-order chi connectivity index (χ1) is 10.8. The van der Waals surface area contributed by atoms with E-state index in [0.29, 0.717) is 16.5 Å². The molecule has 120 valence electrons. The van der Waals surface area contributed by atoms with E-state index in [-0.39, 0.29) is 5.56 Å². The number of halogens is 1. The molecule has 2 rings (SSSR count). The molecule has 0 amide bonds. The largest absolute Gasteiger partial charge is 0.481 e. The van der Waals surface area contributed by atoms with Gasteiger partial charge in [-0.05, 0) is 50.1 Å². The van der Waals surface area contributed by atoms with Gasteiger partial charge >= 0.3 is 5.97 Å². The first-order valence-electron chi connectivity index (χ1n) is 7.07. The third kappa shape index (κ3) is 3.87. The van der Waals surface area contributed by atoms with E-state index in [1.165, 1.54) is 6.92 Å². The van der Waals surface area contributed by atoms with Crippen molar-refractivity contribution < 1.29 is 9.90 Å². The summed E-state index contributed by atoms with van der Waals surface area (Å²) in [6.07, 6.45) is 1.76. The van der Waals surface area contributed by atoms with Crippen molar-refractivity contribution in [3.05, 3.63) is 62.3 Å². The molecular weight excluding hydrogens is 316 g/mol. The SMILES string of the molecule is CC(=Cc1[nH]c(C)nc(=O)c1C(C)C(=O)O)c1ccc(Cl)cc1. The molecule has 0 saturated heterocycles. The lowest BCUT2D eigenvalue weighted by molar-refractivity contribution is -0.138. The molecule has 0 aliphatic heterocycles.